The highest BCUT2D eigenvalue weighted by Crippen LogP contribution is 2.22. The Balaban J connectivity index is 2.07. The molecule has 2 rings (SSSR count). The number of rotatable bonds is 6. The summed E-state index contributed by atoms with van der Waals surface area (Å²) in [7, 11) is -3.55. The molecule has 0 radical (unpaired) electrons. The maximum Gasteiger partial charge on any atom is 0.325 e. The summed E-state index contributed by atoms with van der Waals surface area (Å²) in [5.41, 5.74) is 0.202. The Bertz CT molecular complexity index is 650. The molecule has 0 aliphatic heterocycles. The van der Waals surface area contributed by atoms with E-state index in [2.05, 4.69) is 10.0 Å². The topological polar surface area (TPSA) is 113 Å². The van der Waals surface area contributed by atoms with Crippen LogP contribution in [0.3, 0.4) is 0 Å². The van der Waals surface area contributed by atoms with Gasteiger partial charge in [-0.05, 0) is 44.0 Å². The van der Waals surface area contributed by atoms with Crippen molar-refractivity contribution < 1.29 is 23.1 Å². The van der Waals surface area contributed by atoms with Crippen LogP contribution < -0.4 is 10.0 Å². The van der Waals surface area contributed by atoms with Crippen molar-refractivity contribution in [1.82, 2.24) is 10.0 Å². The molecule has 0 spiro atoms. The van der Waals surface area contributed by atoms with Gasteiger partial charge in [-0.2, -0.15) is 0 Å². The van der Waals surface area contributed by atoms with Gasteiger partial charge in [0.15, 0.2) is 0 Å². The minimum absolute atomic E-state index is 0.00870. The predicted octanol–water partition coefficient (Wildman–Crippen LogP) is 0.330. The molecule has 1 aliphatic rings. The van der Waals surface area contributed by atoms with Crippen LogP contribution in [-0.2, 0) is 14.8 Å². The van der Waals surface area contributed by atoms with E-state index in [9.17, 15) is 18.0 Å². The van der Waals surface area contributed by atoms with Crippen molar-refractivity contribution in [1.29, 1.82) is 0 Å². The molecular weight excluding hydrogens is 296 g/mol. The number of benzene rings is 1. The molecule has 7 nitrogen and oxygen atoms in total. The monoisotopic (exact) mass is 312 g/mol. The lowest BCUT2D eigenvalue weighted by molar-refractivity contribution is -0.138. The van der Waals surface area contributed by atoms with Crippen LogP contribution in [0.1, 0.15) is 30.1 Å². The van der Waals surface area contributed by atoms with Gasteiger partial charge < -0.3 is 10.4 Å². The molecule has 1 amide bonds. The van der Waals surface area contributed by atoms with Gasteiger partial charge in [0.2, 0.25) is 10.0 Å². The van der Waals surface area contributed by atoms with Crippen molar-refractivity contribution in [2.45, 2.75) is 36.7 Å². The smallest absolute Gasteiger partial charge is 0.325 e. The van der Waals surface area contributed by atoms with E-state index in [1.807, 2.05) is 0 Å². The van der Waals surface area contributed by atoms with Crippen LogP contribution in [0, 0.1) is 0 Å². The lowest BCUT2D eigenvalue weighted by Crippen LogP contribution is -2.38. The second-order valence-electron chi connectivity index (χ2n) is 4.95. The molecule has 0 heterocycles. The average Bonchev–Trinajstić information content (AvgIpc) is 3.22. The number of nitrogens with one attached hydrogen (secondary N) is 2. The van der Waals surface area contributed by atoms with Crippen LogP contribution in [0.25, 0.3) is 0 Å². The van der Waals surface area contributed by atoms with Gasteiger partial charge >= 0.3 is 5.97 Å². The Morgan fingerprint density at radius 3 is 2.29 bits per heavy atom. The van der Waals surface area contributed by atoms with Crippen LogP contribution in [0.2, 0.25) is 0 Å². The number of sulfonamides is 1. The predicted molar refractivity (Wildman–Crippen MR) is 74.3 cm³/mol. The molecule has 8 heteroatoms. The number of hydrogen-bond donors (Lipinski definition) is 3. The van der Waals surface area contributed by atoms with Gasteiger partial charge in [0.25, 0.3) is 5.91 Å². The van der Waals surface area contributed by atoms with Crippen LogP contribution in [0.4, 0.5) is 0 Å². The normalized spacial score (nSPS) is 16.2. The molecular formula is C13H16N2O5S. The van der Waals surface area contributed by atoms with E-state index in [-0.39, 0.29) is 16.5 Å². The summed E-state index contributed by atoms with van der Waals surface area (Å²) in [5.74, 6) is -1.71. The number of aliphatic carboxylic acids is 1. The molecule has 1 aromatic rings. The standard InChI is InChI=1S/C13H16N2O5S/c1-8(13(17)18)14-12(16)9-2-6-11(7-3-9)21(19,20)15-10-4-5-10/h2-3,6-8,10,15H,4-5H2,1H3,(H,14,16)(H,17,18). The van der Waals surface area contributed by atoms with Crippen LogP contribution >= 0.6 is 0 Å². The van der Waals surface area contributed by atoms with Crippen molar-refractivity contribution in [3.05, 3.63) is 29.8 Å². The fraction of sp³-hybridized carbons (Fsp3) is 0.385. The van der Waals surface area contributed by atoms with E-state index in [1.54, 1.807) is 0 Å². The summed E-state index contributed by atoms with van der Waals surface area (Å²) in [4.78, 5) is 22.5. The van der Waals surface area contributed by atoms with Gasteiger partial charge in [0.1, 0.15) is 6.04 Å². The average molecular weight is 312 g/mol. The van der Waals surface area contributed by atoms with Crippen molar-refractivity contribution in [3.63, 3.8) is 0 Å². The number of carboxylic acid groups (broad SMARTS) is 1. The highest BCUT2D eigenvalue weighted by Gasteiger charge is 2.28. The highest BCUT2D eigenvalue weighted by atomic mass is 32.2. The molecule has 1 saturated carbocycles. The number of carbonyl (C=O) groups excluding carboxylic acids is 1. The molecule has 21 heavy (non-hydrogen) atoms. The third kappa shape index (κ3) is 4.02. The molecule has 0 saturated heterocycles. The summed E-state index contributed by atoms with van der Waals surface area (Å²) in [6.07, 6.45) is 1.68. The Morgan fingerprint density at radius 2 is 1.81 bits per heavy atom. The molecule has 114 valence electrons. The number of carboxylic acids is 1. The minimum Gasteiger partial charge on any atom is -0.480 e. The van der Waals surface area contributed by atoms with E-state index < -0.39 is 27.9 Å². The van der Waals surface area contributed by atoms with Gasteiger partial charge in [-0.3, -0.25) is 9.59 Å². The van der Waals surface area contributed by atoms with Crippen molar-refractivity contribution >= 4 is 21.9 Å². The molecule has 1 aliphatic carbocycles. The zero-order chi connectivity index (χ0) is 15.6. The van der Waals surface area contributed by atoms with E-state index in [1.165, 1.54) is 31.2 Å². The molecule has 1 fully saturated rings. The van der Waals surface area contributed by atoms with Gasteiger partial charge in [0.05, 0.1) is 4.90 Å². The SMILES string of the molecule is CC(NC(=O)c1ccc(S(=O)(=O)NC2CC2)cc1)C(=O)O. The number of amides is 1. The lowest BCUT2D eigenvalue weighted by Gasteiger charge is -2.10. The molecule has 0 aromatic heterocycles. The minimum atomic E-state index is -3.55. The van der Waals surface area contributed by atoms with E-state index in [0.717, 1.165) is 12.8 Å². The number of carbonyl (C=O) groups is 2. The third-order valence-electron chi connectivity index (χ3n) is 3.04. The van der Waals surface area contributed by atoms with Crippen molar-refractivity contribution in [2.75, 3.05) is 0 Å². The Kier molecular flexibility index (Phi) is 4.29. The summed E-state index contributed by atoms with van der Waals surface area (Å²) in [6.45, 7) is 1.35. The van der Waals surface area contributed by atoms with Crippen LogP contribution in [0.5, 0.6) is 0 Å². The maximum absolute atomic E-state index is 11.9. The van der Waals surface area contributed by atoms with Crippen LogP contribution in [-0.4, -0.2) is 37.5 Å². The number of hydrogen-bond acceptors (Lipinski definition) is 4. The van der Waals surface area contributed by atoms with Crippen molar-refractivity contribution in [3.8, 4) is 0 Å². The molecule has 0 bridgehead atoms. The van der Waals surface area contributed by atoms with Gasteiger partial charge in [-0.1, -0.05) is 0 Å². The highest BCUT2D eigenvalue weighted by molar-refractivity contribution is 7.89. The Labute approximate surface area is 122 Å². The molecule has 1 aromatic carbocycles. The molecule has 3 N–H and O–H groups in total. The lowest BCUT2D eigenvalue weighted by atomic mass is 10.2. The molecule has 1 unspecified atom stereocenters. The zero-order valence-corrected chi connectivity index (χ0v) is 12.2. The fourth-order valence-electron chi connectivity index (χ4n) is 1.62. The Hall–Kier alpha value is -1.93. The first-order valence-electron chi connectivity index (χ1n) is 6.45. The summed E-state index contributed by atoms with van der Waals surface area (Å²) in [5, 5.41) is 11.0. The first-order chi connectivity index (χ1) is 9.79. The summed E-state index contributed by atoms with van der Waals surface area (Å²) in [6, 6.07) is 4.35. The summed E-state index contributed by atoms with van der Waals surface area (Å²) >= 11 is 0. The first-order valence-corrected chi connectivity index (χ1v) is 7.94. The quantitative estimate of drug-likeness (QED) is 0.700. The van der Waals surface area contributed by atoms with Gasteiger partial charge in [-0.15, -0.1) is 0 Å². The van der Waals surface area contributed by atoms with Gasteiger partial charge in [0, 0.05) is 11.6 Å². The second kappa shape index (κ2) is 5.82. The second-order valence-corrected chi connectivity index (χ2v) is 6.67. The Morgan fingerprint density at radius 1 is 1.24 bits per heavy atom. The largest absolute Gasteiger partial charge is 0.480 e. The molecule has 1 atom stereocenters. The van der Waals surface area contributed by atoms with E-state index in [4.69, 9.17) is 5.11 Å². The van der Waals surface area contributed by atoms with Crippen molar-refractivity contribution in [2.24, 2.45) is 0 Å². The zero-order valence-electron chi connectivity index (χ0n) is 11.4. The third-order valence-corrected chi connectivity index (χ3v) is 4.58. The summed E-state index contributed by atoms with van der Waals surface area (Å²) < 4.78 is 26.4. The fourth-order valence-corrected chi connectivity index (χ4v) is 2.92. The van der Waals surface area contributed by atoms with Gasteiger partial charge in [-0.25, -0.2) is 13.1 Å². The van der Waals surface area contributed by atoms with E-state index in [0.29, 0.717) is 0 Å². The van der Waals surface area contributed by atoms with E-state index >= 15 is 0 Å². The van der Waals surface area contributed by atoms with Crippen LogP contribution in [0.15, 0.2) is 29.2 Å². The maximum atomic E-state index is 11.9. The first kappa shape index (κ1) is 15.5.